The molecule has 0 saturated carbocycles. The van der Waals surface area contributed by atoms with Crippen LogP contribution in [-0.2, 0) is 9.59 Å². The van der Waals surface area contributed by atoms with Gasteiger partial charge in [0.15, 0.2) is 0 Å². The van der Waals surface area contributed by atoms with E-state index in [4.69, 9.17) is 0 Å². The van der Waals surface area contributed by atoms with Gasteiger partial charge in [0.2, 0.25) is 11.8 Å². The Kier molecular flexibility index (Phi) is 4.08. The first-order valence-electron chi connectivity index (χ1n) is 5.28. The predicted octanol–water partition coefficient (Wildman–Crippen LogP) is -0.669. The molecular formula is C10H19N3O2. The molecule has 0 bridgehead atoms. The van der Waals surface area contributed by atoms with Crippen LogP contribution in [0, 0.1) is 0 Å². The molecule has 5 nitrogen and oxygen atoms in total. The molecule has 1 aliphatic heterocycles. The fraction of sp³-hybridized carbons (Fsp3) is 0.800. The van der Waals surface area contributed by atoms with Crippen LogP contribution in [0.25, 0.3) is 0 Å². The first-order valence-corrected chi connectivity index (χ1v) is 5.28. The largest absolute Gasteiger partial charge is 0.347 e. The molecule has 0 spiro atoms. The molecule has 1 rings (SSSR count). The van der Waals surface area contributed by atoms with Gasteiger partial charge in [0, 0.05) is 32.1 Å². The van der Waals surface area contributed by atoms with Crippen molar-refractivity contribution in [2.45, 2.75) is 32.9 Å². The number of rotatable bonds is 2. The number of nitrogens with one attached hydrogen (secondary N) is 2. The normalized spacial score (nSPS) is 26.2. The average Bonchev–Trinajstić information content (AvgIpc) is 2.14. The Balaban J connectivity index is 2.51. The first-order chi connectivity index (χ1) is 7.02. The minimum atomic E-state index is -0.168. The molecule has 2 N–H and O–H groups in total. The van der Waals surface area contributed by atoms with Crippen molar-refractivity contribution in [1.29, 1.82) is 0 Å². The van der Waals surface area contributed by atoms with Gasteiger partial charge in [-0.3, -0.25) is 9.59 Å². The summed E-state index contributed by atoms with van der Waals surface area (Å²) in [7, 11) is 0. The van der Waals surface area contributed by atoms with E-state index in [1.165, 1.54) is 6.92 Å². The smallest absolute Gasteiger partial charge is 0.242 e. The van der Waals surface area contributed by atoms with Gasteiger partial charge in [-0.15, -0.1) is 0 Å². The maximum absolute atomic E-state index is 11.8. The summed E-state index contributed by atoms with van der Waals surface area (Å²) in [4.78, 5) is 24.3. The summed E-state index contributed by atoms with van der Waals surface area (Å²) < 4.78 is 0. The van der Waals surface area contributed by atoms with Crippen molar-refractivity contribution >= 4 is 11.8 Å². The van der Waals surface area contributed by atoms with Crippen LogP contribution in [0.4, 0.5) is 0 Å². The van der Waals surface area contributed by atoms with Gasteiger partial charge in [-0.1, -0.05) is 0 Å². The molecule has 1 saturated heterocycles. The van der Waals surface area contributed by atoms with E-state index in [1.807, 2.05) is 18.7 Å². The van der Waals surface area contributed by atoms with Gasteiger partial charge < -0.3 is 15.5 Å². The summed E-state index contributed by atoms with van der Waals surface area (Å²) in [5.74, 6) is -0.175. The summed E-state index contributed by atoms with van der Waals surface area (Å²) in [5.41, 5.74) is 0. The second-order valence-corrected chi connectivity index (χ2v) is 4.07. The summed E-state index contributed by atoms with van der Waals surface area (Å²) in [5, 5.41) is 5.79. The van der Waals surface area contributed by atoms with E-state index in [0.29, 0.717) is 0 Å². The third-order valence-corrected chi connectivity index (χ3v) is 2.61. The van der Waals surface area contributed by atoms with Crippen molar-refractivity contribution < 1.29 is 9.59 Å². The number of carbonyl (C=O) groups is 2. The van der Waals surface area contributed by atoms with E-state index in [0.717, 1.165) is 13.1 Å². The van der Waals surface area contributed by atoms with E-state index in [9.17, 15) is 9.59 Å². The second-order valence-electron chi connectivity index (χ2n) is 4.07. The lowest BCUT2D eigenvalue weighted by Crippen LogP contribution is -2.58. The van der Waals surface area contributed by atoms with Crippen molar-refractivity contribution in [2.75, 3.05) is 19.6 Å². The highest BCUT2D eigenvalue weighted by Gasteiger charge is 2.28. The number of hydrogen-bond donors (Lipinski definition) is 2. The van der Waals surface area contributed by atoms with Gasteiger partial charge in [-0.25, -0.2) is 0 Å². The monoisotopic (exact) mass is 213 g/mol. The van der Waals surface area contributed by atoms with Gasteiger partial charge in [0.05, 0.1) is 6.54 Å². The van der Waals surface area contributed by atoms with E-state index >= 15 is 0 Å². The SMILES string of the molecule is CC(=O)NCC(=O)N1C(C)CNCC1C. The van der Waals surface area contributed by atoms with Crippen LogP contribution in [0.5, 0.6) is 0 Å². The molecule has 1 fully saturated rings. The van der Waals surface area contributed by atoms with Crippen LogP contribution >= 0.6 is 0 Å². The van der Waals surface area contributed by atoms with Crippen molar-refractivity contribution in [3.63, 3.8) is 0 Å². The predicted molar refractivity (Wildman–Crippen MR) is 57.3 cm³/mol. The van der Waals surface area contributed by atoms with Crippen molar-refractivity contribution in [2.24, 2.45) is 0 Å². The zero-order valence-corrected chi connectivity index (χ0v) is 9.54. The van der Waals surface area contributed by atoms with Crippen molar-refractivity contribution in [1.82, 2.24) is 15.5 Å². The standard InChI is InChI=1S/C10H19N3O2/c1-7-4-11-5-8(2)13(7)10(15)6-12-9(3)14/h7-8,11H,4-6H2,1-3H3,(H,12,14). The average molecular weight is 213 g/mol. The lowest BCUT2D eigenvalue weighted by atomic mass is 10.1. The molecule has 0 aromatic heterocycles. The molecule has 2 amide bonds. The van der Waals surface area contributed by atoms with E-state index in [1.54, 1.807) is 0 Å². The highest BCUT2D eigenvalue weighted by Crippen LogP contribution is 2.09. The van der Waals surface area contributed by atoms with Crippen molar-refractivity contribution in [3.8, 4) is 0 Å². The molecule has 0 aromatic carbocycles. The second kappa shape index (κ2) is 5.11. The van der Waals surface area contributed by atoms with Crippen LogP contribution in [0.1, 0.15) is 20.8 Å². The maximum atomic E-state index is 11.8. The first kappa shape index (κ1) is 12.0. The molecule has 1 heterocycles. The number of carbonyl (C=O) groups excluding carboxylic acids is 2. The molecule has 5 heteroatoms. The van der Waals surface area contributed by atoms with Crippen molar-refractivity contribution in [3.05, 3.63) is 0 Å². The zero-order valence-electron chi connectivity index (χ0n) is 9.54. The zero-order chi connectivity index (χ0) is 11.4. The molecule has 0 aliphatic carbocycles. The fourth-order valence-electron chi connectivity index (χ4n) is 1.92. The van der Waals surface area contributed by atoms with Crippen LogP contribution in [0.15, 0.2) is 0 Å². The van der Waals surface area contributed by atoms with Gasteiger partial charge in [-0.2, -0.15) is 0 Å². The van der Waals surface area contributed by atoms with Crippen LogP contribution in [0.3, 0.4) is 0 Å². The lowest BCUT2D eigenvalue weighted by Gasteiger charge is -2.39. The van der Waals surface area contributed by atoms with Gasteiger partial charge >= 0.3 is 0 Å². The molecular weight excluding hydrogens is 194 g/mol. The number of amides is 2. The van der Waals surface area contributed by atoms with E-state index in [-0.39, 0.29) is 30.4 Å². The molecule has 0 radical (unpaired) electrons. The Morgan fingerprint density at radius 1 is 1.33 bits per heavy atom. The summed E-state index contributed by atoms with van der Waals surface area (Å²) in [6.07, 6.45) is 0. The third-order valence-electron chi connectivity index (χ3n) is 2.61. The topological polar surface area (TPSA) is 61.4 Å². The van der Waals surface area contributed by atoms with Gasteiger partial charge in [-0.05, 0) is 13.8 Å². The Labute approximate surface area is 90.2 Å². The maximum Gasteiger partial charge on any atom is 0.242 e. The number of piperazine rings is 1. The Hall–Kier alpha value is -1.10. The van der Waals surface area contributed by atoms with Crippen LogP contribution < -0.4 is 10.6 Å². The number of nitrogens with zero attached hydrogens (tertiary/aromatic N) is 1. The molecule has 1 aliphatic rings. The Bertz CT molecular complexity index is 245. The Morgan fingerprint density at radius 3 is 2.33 bits per heavy atom. The van der Waals surface area contributed by atoms with Crippen LogP contribution in [0.2, 0.25) is 0 Å². The molecule has 0 aromatic rings. The third kappa shape index (κ3) is 3.20. The fourth-order valence-corrected chi connectivity index (χ4v) is 1.92. The van der Waals surface area contributed by atoms with Gasteiger partial charge in [0.1, 0.15) is 0 Å². The highest BCUT2D eigenvalue weighted by atomic mass is 16.2. The van der Waals surface area contributed by atoms with E-state index in [2.05, 4.69) is 10.6 Å². The summed E-state index contributed by atoms with van der Waals surface area (Å²) in [6, 6.07) is 0.380. The Morgan fingerprint density at radius 2 is 1.87 bits per heavy atom. The molecule has 2 atom stereocenters. The summed E-state index contributed by atoms with van der Waals surface area (Å²) in [6.45, 7) is 7.16. The summed E-state index contributed by atoms with van der Waals surface area (Å²) >= 11 is 0. The molecule has 15 heavy (non-hydrogen) atoms. The minimum Gasteiger partial charge on any atom is -0.347 e. The lowest BCUT2D eigenvalue weighted by molar-refractivity contribution is -0.137. The van der Waals surface area contributed by atoms with Crippen LogP contribution in [-0.4, -0.2) is 48.4 Å². The van der Waals surface area contributed by atoms with E-state index < -0.39 is 0 Å². The quantitative estimate of drug-likeness (QED) is 0.639. The minimum absolute atomic E-state index is 0.00769. The highest BCUT2D eigenvalue weighted by molar-refractivity contribution is 5.84. The van der Waals surface area contributed by atoms with Gasteiger partial charge in [0.25, 0.3) is 0 Å². The molecule has 2 unspecified atom stereocenters. The number of hydrogen-bond acceptors (Lipinski definition) is 3. The molecule has 86 valence electrons.